The number of ether oxygens (including phenoxy) is 1. The van der Waals surface area contributed by atoms with Gasteiger partial charge in [0.2, 0.25) is 5.91 Å². The average molecular weight is 355 g/mol. The van der Waals surface area contributed by atoms with Gasteiger partial charge in [-0.2, -0.15) is 0 Å². The van der Waals surface area contributed by atoms with E-state index in [1.165, 1.54) is 12.5 Å². The van der Waals surface area contributed by atoms with Gasteiger partial charge in [-0.1, -0.05) is 6.07 Å². The van der Waals surface area contributed by atoms with E-state index in [0.717, 1.165) is 12.1 Å². The number of likely N-dealkylation sites (tertiary alicyclic amines) is 1. The zero-order valence-electron chi connectivity index (χ0n) is 14.5. The van der Waals surface area contributed by atoms with Crippen molar-refractivity contribution in [2.24, 2.45) is 0 Å². The Morgan fingerprint density at radius 1 is 1.15 bits per heavy atom. The van der Waals surface area contributed by atoms with E-state index in [9.17, 15) is 9.59 Å². The highest BCUT2D eigenvalue weighted by atomic mass is 16.5. The number of hydrogen-bond acceptors (Lipinski definition) is 5. The van der Waals surface area contributed by atoms with Crippen molar-refractivity contribution in [3.8, 4) is 0 Å². The van der Waals surface area contributed by atoms with Crippen LogP contribution < -0.4 is 0 Å². The summed E-state index contributed by atoms with van der Waals surface area (Å²) >= 11 is 0. The predicted octanol–water partition coefficient (Wildman–Crippen LogP) is 1.36. The number of nitrogens with zero attached hydrogens (tertiary/aromatic N) is 3. The maximum atomic E-state index is 12.6. The van der Waals surface area contributed by atoms with Crippen molar-refractivity contribution in [2.45, 2.75) is 18.4 Å². The van der Waals surface area contributed by atoms with E-state index >= 15 is 0 Å². The maximum Gasteiger partial charge on any atom is 0.257 e. The molecular weight excluding hydrogens is 334 g/mol. The van der Waals surface area contributed by atoms with Gasteiger partial charge >= 0.3 is 0 Å². The molecule has 1 spiro atoms. The Morgan fingerprint density at radius 2 is 2.04 bits per heavy atom. The highest BCUT2D eigenvalue weighted by Crippen LogP contribution is 2.30. The van der Waals surface area contributed by atoms with E-state index in [1.54, 1.807) is 17.2 Å². The fourth-order valence-corrected chi connectivity index (χ4v) is 3.66. The predicted molar refractivity (Wildman–Crippen MR) is 92.4 cm³/mol. The summed E-state index contributed by atoms with van der Waals surface area (Å²) in [5.41, 5.74) is 0.833. The number of morpholine rings is 1. The Labute approximate surface area is 151 Å². The fourth-order valence-electron chi connectivity index (χ4n) is 3.66. The van der Waals surface area contributed by atoms with Crippen LogP contribution in [0.2, 0.25) is 0 Å². The standard InChI is InChI=1S/C19H21N3O4/c23-17(11-16-3-1-2-6-20-16)21-7-5-19(13-21)14-22(8-10-26-19)18(24)15-4-9-25-12-15/h1-4,6,9,12H,5,7-8,10-11,13-14H2. The Morgan fingerprint density at radius 3 is 2.81 bits per heavy atom. The zero-order chi connectivity index (χ0) is 18.0. The summed E-state index contributed by atoms with van der Waals surface area (Å²) < 4.78 is 11.0. The van der Waals surface area contributed by atoms with E-state index in [1.807, 2.05) is 23.1 Å². The van der Waals surface area contributed by atoms with E-state index in [2.05, 4.69) is 4.98 Å². The van der Waals surface area contributed by atoms with Crippen molar-refractivity contribution in [1.82, 2.24) is 14.8 Å². The van der Waals surface area contributed by atoms with Gasteiger partial charge in [0.1, 0.15) is 11.9 Å². The second kappa shape index (κ2) is 6.92. The summed E-state index contributed by atoms with van der Waals surface area (Å²) in [6.45, 7) is 2.66. The molecule has 2 amide bonds. The number of aromatic nitrogens is 1. The summed E-state index contributed by atoms with van der Waals surface area (Å²) in [4.78, 5) is 33.0. The molecule has 2 aromatic rings. The number of pyridine rings is 1. The molecule has 2 saturated heterocycles. The summed E-state index contributed by atoms with van der Waals surface area (Å²) in [7, 11) is 0. The van der Waals surface area contributed by atoms with Crippen LogP contribution in [0.25, 0.3) is 0 Å². The molecule has 2 fully saturated rings. The van der Waals surface area contributed by atoms with Crippen LogP contribution in [0.15, 0.2) is 47.4 Å². The topological polar surface area (TPSA) is 75.9 Å². The first-order valence-electron chi connectivity index (χ1n) is 8.78. The molecular formula is C19H21N3O4. The summed E-state index contributed by atoms with van der Waals surface area (Å²) in [6, 6.07) is 7.24. The van der Waals surface area contributed by atoms with Crippen LogP contribution in [0.1, 0.15) is 22.5 Å². The smallest absolute Gasteiger partial charge is 0.257 e. The molecule has 7 nitrogen and oxygen atoms in total. The van der Waals surface area contributed by atoms with Gasteiger partial charge in [0.15, 0.2) is 0 Å². The van der Waals surface area contributed by atoms with Crippen molar-refractivity contribution in [1.29, 1.82) is 0 Å². The van der Waals surface area contributed by atoms with E-state index < -0.39 is 5.60 Å². The number of amides is 2. The third-order valence-electron chi connectivity index (χ3n) is 5.03. The molecule has 4 rings (SSSR count). The molecule has 4 heterocycles. The van der Waals surface area contributed by atoms with Crippen molar-refractivity contribution >= 4 is 11.8 Å². The average Bonchev–Trinajstić information content (AvgIpc) is 3.33. The van der Waals surface area contributed by atoms with E-state index in [-0.39, 0.29) is 18.2 Å². The molecule has 26 heavy (non-hydrogen) atoms. The molecule has 0 aromatic carbocycles. The van der Waals surface area contributed by atoms with Gasteiger partial charge in [-0.3, -0.25) is 14.6 Å². The van der Waals surface area contributed by atoms with Crippen LogP contribution >= 0.6 is 0 Å². The lowest BCUT2D eigenvalue weighted by Gasteiger charge is -2.40. The molecule has 0 N–H and O–H groups in total. The van der Waals surface area contributed by atoms with Crippen LogP contribution in [0.5, 0.6) is 0 Å². The SMILES string of the molecule is O=C(Cc1ccccn1)N1CCC2(C1)CN(C(=O)c1ccoc1)CCO2. The second-order valence-electron chi connectivity index (χ2n) is 6.83. The molecule has 2 aliphatic rings. The van der Waals surface area contributed by atoms with Crippen LogP contribution in [-0.4, -0.2) is 65.0 Å². The van der Waals surface area contributed by atoms with Gasteiger partial charge in [0, 0.05) is 25.0 Å². The highest BCUT2D eigenvalue weighted by molar-refractivity contribution is 5.94. The fraction of sp³-hybridized carbons (Fsp3) is 0.421. The van der Waals surface area contributed by atoms with Crippen molar-refractivity contribution in [3.63, 3.8) is 0 Å². The lowest BCUT2D eigenvalue weighted by Crippen LogP contribution is -2.55. The van der Waals surface area contributed by atoms with E-state index in [4.69, 9.17) is 9.15 Å². The van der Waals surface area contributed by atoms with Gasteiger partial charge in [-0.15, -0.1) is 0 Å². The monoisotopic (exact) mass is 355 g/mol. The van der Waals surface area contributed by atoms with Crippen molar-refractivity contribution < 1.29 is 18.7 Å². The molecule has 0 radical (unpaired) electrons. The minimum absolute atomic E-state index is 0.0439. The van der Waals surface area contributed by atoms with Gasteiger partial charge in [-0.25, -0.2) is 0 Å². The first-order valence-corrected chi connectivity index (χ1v) is 8.78. The van der Waals surface area contributed by atoms with Crippen molar-refractivity contribution in [2.75, 3.05) is 32.8 Å². The lowest BCUT2D eigenvalue weighted by molar-refractivity contribution is -0.133. The minimum Gasteiger partial charge on any atom is -0.472 e. The van der Waals surface area contributed by atoms with Crippen LogP contribution in [0.3, 0.4) is 0 Å². The molecule has 0 aliphatic carbocycles. The van der Waals surface area contributed by atoms with Crippen LogP contribution in [0.4, 0.5) is 0 Å². The first kappa shape index (κ1) is 16.8. The number of carbonyl (C=O) groups excluding carboxylic acids is 2. The molecule has 7 heteroatoms. The summed E-state index contributed by atoms with van der Waals surface area (Å²) in [5, 5.41) is 0. The number of furan rings is 1. The van der Waals surface area contributed by atoms with Gasteiger partial charge in [0.05, 0.1) is 37.9 Å². The molecule has 2 aliphatic heterocycles. The van der Waals surface area contributed by atoms with Gasteiger partial charge < -0.3 is 19.0 Å². The normalized spacial score (nSPS) is 22.8. The largest absolute Gasteiger partial charge is 0.472 e. The molecule has 1 unspecified atom stereocenters. The second-order valence-corrected chi connectivity index (χ2v) is 6.83. The Kier molecular flexibility index (Phi) is 4.46. The summed E-state index contributed by atoms with van der Waals surface area (Å²) in [5.74, 6) is -0.0119. The number of hydrogen-bond donors (Lipinski definition) is 0. The highest BCUT2D eigenvalue weighted by Gasteiger charge is 2.45. The van der Waals surface area contributed by atoms with Gasteiger partial charge in [-0.05, 0) is 24.6 Å². The van der Waals surface area contributed by atoms with Crippen LogP contribution in [-0.2, 0) is 16.0 Å². The Hall–Kier alpha value is -2.67. The molecule has 2 aromatic heterocycles. The zero-order valence-corrected chi connectivity index (χ0v) is 14.5. The first-order chi connectivity index (χ1) is 12.7. The van der Waals surface area contributed by atoms with Crippen molar-refractivity contribution in [3.05, 3.63) is 54.2 Å². The van der Waals surface area contributed by atoms with Gasteiger partial charge in [0.25, 0.3) is 5.91 Å². The number of carbonyl (C=O) groups is 2. The van der Waals surface area contributed by atoms with E-state index in [0.29, 0.717) is 38.3 Å². The number of rotatable bonds is 3. The lowest BCUT2D eigenvalue weighted by atomic mass is 10.00. The Bertz CT molecular complexity index is 777. The quantitative estimate of drug-likeness (QED) is 0.831. The molecule has 0 saturated carbocycles. The Balaban J connectivity index is 1.40. The summed E-state index contributed by atoms with van der Waals surface area (Å²) in [6.07, 6.45) is 5.67. The third-order valence-corrected chi connectivity index (χ3v) is 5.03. The molecule has 1 atom stereocenters. The molecule has 0 bridgehead atoms. The van der Waals surface area contributed by atoms with Crippen LogP contribution in [0, 0.1) is 0 Å². The third kappa shape index (κ3) is 3.35. The maximum absolute atomic E-state index is 12.6. The minimum atomic E-state index is -0.475. The molecule has 136 valence electrons.